The fourth-order valence-electron chi connectivity index (χ4n) is 7.94. The predicted octanol–water partition coefficient (Wildman–Crippen LogP) is 20.6. The first-order chi connectivity index (χ1) is 36.5. The molecule has 418 valence electrons. The summed E-state index contributed by atoms with van der Waals surface area (Å²) in [6.07, 6.45) is 86.0. The molecular weight excluding hydrogens is 913 g/mol. The molecular formula is C68H110O6. The molecule has 0 radical (unpaired) electrons. The molecule has 0 aliphatic heterocycles. The van der Waals surface area contributed by atoms with Crippen LogP contribution in [0, 0.1) is 0 Å². The maximum atomic E-state index is 12.9. The van der Waals surface area contributed by atoms with E-state index >= 15 is 0 Å². The molecule has 6 nitrogen and oxygen atoms in total. The van der Waals surface area contributed by atoms with Crippen LogP contribution in [0.3, 0.4) is 0 Å². The van der Waals surface area contributed by atoms with Gasteiger partial charge in [-0.25, -0.2) is 0 Å². The first kappa shape index (κ1) is 69.5. The van der Waals surface area contributed by atoms with Crippen molar-refractivity contribution in [3.63, 3.8) is 0 Å². The SMILES string of the molecule is CC/C=C\C/C=C\C/C=C\C/C=C\C/C=C\C/C=C\CCC(=O)OCC(COC(=O)CCCCCCC/C=C\C=C/CCCCCCCCC)OC(=O)CCCCCCCCCCC/C=C\C/C=C\C/C=C\CC. The van der Waals surface area contributed by atoms with Gasteiger partial charge in [0.25, 0.3) is 0 Å². The highest BCUT2D eigenvalue weighted by molar-refractivity contribution is 5.71. The number of esters is 3. The molecule has 0 bridgehead atoms. The van der Waals surface area contributed by atoms with E-state index in [4.69, 9.17) is 14.2 Å². The van der Waals surface area contributed by atoms with Gasteiger partial charge in [0.15, 0.2) is 6.10 Å². The fraction of sp³-hybridized carbons (Fsp3) is 0.632. The molecule has 0 aromatic heterocycles. The first-order valence-corrected chi connectivity index (χ1v) is 30.2. The second-order valence-corrected chi connectivity index (χ2v) is 19.5. The van der Waals surface area contributed by atoms with E-state index in [1.165, 1.54) is 89.9 Å². The number of hydrogen-bond acceptors (Lipinski definition) is 6. The third-order valence-electron chi connectivity index (χ3n) is 12.4. The molecule has 0 aliphatic rings. The van der Waals surface area contributed by atoms with Crippen molar-refractivity contribution in [2.45, 2.75) is 264 Å². The second-order valence-electron chi connectivity index (χ2n) is 19.5. The first-order valence-electron chi connectivity index (χ1n) is 30.2. The smallest absolute Gasteiger partial charge is 0.306 e. The molecule has 0 heterocycles. The van der Waals surface area contributed by atoms with Gasteiger partial charge in [-0.15, -0.1) is 0 Å². The van der Waals surface area contributed by atoms with Gasteiger partial charge in [-0.05, 0) is 116 Å². The largest absolute Gasteiger partial charge is 0.462 e. The van der Waals surface area contributed by atoms with Crippen LogP contribution in [0.4, 0.5) is 0 Å². The maximum absolute atomic E-state index is 12.9. The summed E-state index contributed by atoms with van der Waals surface area (Å²) in [7, 11) is 0. The highest BCUT2D eigenvalue weighted by atomic mass is 16.6. The standard InChI is InChI=1S/C68H110O6/c1-4-7-10-13-16-19-22-25-28-31-34-37-40-43-46-49-52-55-58-61-67(70)73-64-65(63-72-66(69)60-57-54-51-48-45-42-39-36-33-30-27-24-21-18-15-12-9-6-3)74-68(71)62-59-56-53-50-47-44-41-38-35-32-29-26-23-20-17-14-11-8-5-2/h7-8,10-11,16-17,19-20,25-26,28-30,33-34,36-37,39,43,46,52,55,65H,4-6,9,12-15,18,21-24,27,31-32,35,38,40-42,44-45,47-51,53-54,56-64H2,1-3H3/b10-7-,11-8-,19-16-,20-17-,28-25-,29-26-,33-30-,37-34-,39-36-,46-43-,55-52-. The summed E-state index contributed by atoms with van der Waals surface area (Å²) in [5, 5.41) is 0. The van der Waals surface area contributed by atoms with Crippen LogP contribution < -0.4 is 0 Å². The van der Waals surface area contributed by atoms with Gasteiger partial charge in [0.2, 0.25) is 0 Å². The minimum Gasteiger partial charge on any atom is -0.462 e. The Morgan fingerprint density at radius 1 is 0.297 bits per heavy atom. The van der Waals surface area contributed by atoms with Gasteiger partial charge in [0, 0.05) is 19.3 Å². The minimum atomic E-state index is -0.824. The lowest BCUT2D eigenvalue weighted by Gasteiger charge is -2.18. The highest BCUT2D eigenvalue weighted by Gasteiger charge is 2.19. The molecule has 0 fully saturated rings. The van der Waals surface area contributed by atoms with E-state index in [9.17, 15) is 14.4 Å². The zero-order valence-corrected chi connectivity index (χ0v) is 47.8. The average Bonchev–Trinajstić information content (AvgIpc) is 3.40. The Bertz CT molecular complexity index is 1600. The summed E-state index contributed by atoms with van der Waals surface area (Å²) >= 11 is 0. The lowest BCUT2D eigenvalue weighted by Crippen LogP contribution is -2.30. The number of carbonyl (C=O) groups is 3. The van der Waals surface area contributed by atoms with E-state index in [2.05, 4.69) is 148 Å². The second kappa shape index (κ2) is 61.1. The molecule has 0 aliphatic carbocycles. The van der Waals surface area contributed by atoms with Crippen molar-refractivity contribution in [3.8, 4) is 0 Å². The van der Waals surface area contributed by atoms with Crippen molar-refractivity contribution < 1.29 is 28.6 Å². The molecule has 6 heteroatoms. The van der Waals surface area contributed by atoms with E-state index in [1.807, 2.05) is 6.08 Å². The molecule has 0 spiro atoms. The zero-order chi connectivity index (χ0) is 53.6. The molecule has 1 atom stereocenters. The number of ether oxygens (including phenoxy) is 3. The van der Waals surface area contributed by atoms with Crippen molar-refractivity contribution in [3.05, 3.63) is 134 Å². The van der Waals surface area contributed by atoms with Crippen molar-refractivity contribution in [2.24, 2.45) is 0 Å². The summed E-state index contributed by atoms with van der Waals surface area (Å²) in [6.45, 7) is 6.33. The van der Waals surface area contributed by atoms with Gasteiger partial charge in [-0.1, -0.05) is 257 Å². The minimum absolute atomic E-state index is 0.115. The number of hydrogen-bond donors (Lipinski definition) is 0. The Morgan fingerprint density at radius 2 is 0.595 bits per heavy atom. The summed E-state index contributed by atoms with van der Waals surface area (Å²) in [5.74, 6) is -1.02. The number of rotatable bonds is 53. The molecule has 0 N–H and O–H groups in total. The van der Waals surface area contributed by atoms with Gasteiger partial charge >= 0.3 is 17.9 Å². The molecule has 0 saturated heterocycles. The summed E-state index contributed by atoms with van der Waals surface area (Å²) < 4.78 is 16.8. The van der Waals surface area contributed by atoms with Gasteiger partial charge < -0.3 is 14.2 Å². The van der Waals surface area contributed by atoms with Gasteiger partial charge in [0.05, 0.1) is 0 Å². The Balaban J connectivity index is 4.55. The van der Waals surface area contributed by atoms with Crippen molar-refractivity contribution in [1.29, 1.82) is 0 Å². The third-order valence-corrected chi connectivity index (χ3v) is 12.4. The van der Waals surface area contributed by atoms with Crippen molar-refractivity contribution >= 4 is 17.9 Å². The van der Waals surface area contributed by atoms with Crippen LogP contribution in [0.25, 0.3) is 0 Å². The summed E-state index contributed by atoms with van der Waals surface area (Å²) in [5.41, 5.74) is 0. The van der Waals surface area contributed by atoms with Crippen LogP contribution >= 0.6 is 0 Å². The molecule has 0 aromatic rings. The van der Waals surface area contributed by atoms with E-state index in [0.717, 1.165) is 122 Å². The topological polar surface area (TPSA) is 78.9 Å². The summed E-state index contributed by atoms with van der Waals surface area (Å²) in [4.78, 5) is 38.2. The van der Waals surface area contributed by atoms with Crippen LogP contribution in [-0.4, -0.2) is 37.2 Å². The van der Waals surface area contributed by atoms with E-state index in [0.29, 0.717) is 19.3 Å². The summed E-state index contributed by atoms with van der Waals surface area (Å²) in [6, 6.07) is 0. The van der Waals surface area contributed by atoms with Crippen LogP contribution in [0.5, 0.6) is 0 Å². The number of carbonyl (C=O) groups excluding carboxylic acids is 3. The Kier molecular flexibility index (Phi) is 57.4. The van der Waals surface area contributed by atoms with E-state index in [1.54, 1.807) is 0 Å². The number of allylic oxidation sites excluding steroid dienone is 22. The molecule has 0 amide bonds. The van der Waals surface area contributed by atoms with Crippen molar-refractivity contribution in [1.82, 2.24) is 0 Å². The van der Waals surface area contributed by atoms with Gasteiger partial charge in [-0.3, -0.25) is 14.4 Å². The van der Waals surface area contributed by atoms with Crippen LogP contribution in [0.1, 0.15) is 258 Å². The average molecular weight is 1020 g/mol. The van der Waals surface area contributed by atoms with Crippen molar-refractivity contribution in [2.75, 3.05) is 13.2 Å². The Hall–Kier alpha value is -4.45. The third kappa shape index (κ3) is 58.4. The normalized spacial score (nSPS) is 13.1. The fourth-order valence-corrected chi connectivity index (χ4v) is 7.94. The van der Waals surface area contributed by atoms with Crippen LogP contribution in [0.2, 0.25) is 0 Å². The highest BCUT2D eigenvalue weighted by Crippen LogP contribution is 2.14. The van der Waals surface area contributed by atoms with E-state index < -0.39 is 6.10 Å². The lowest BCUT2D eigenvalue weighted by atomic mass is 10.1. The molecule has 0 saturated carbocycles. The quantitative estimate of drug-likeness (QED) is 0.0199. The molecule has 74 heavy (non-hydrogen) atoms. The number of unbranched alkanes of at least 4 members (excludes halogenated alkanes) is 21. The zero-order valence-electron chi connectivity index (χ0n) is 47.8. The van der Waals surface area contributed by atoms with Crippen LogP contribution in [0.15, 0.2) is 134 Å². The van der Waals surface area contributed by atoms with Crippen LogP contribution in [-0.2, 0) is 28.6 Å². The maximum Gasteiger partial charge on any atom is 0.306 e. The molecule has 0 aromatic carbocycles. The Morgan fingerprint density at radius 3 is 0.986 bits per heavy atom. The monoisotopic (exact) mass is 1020 g/mol. The van der Waals surface area contributed by atoms with Gasteiger partial charge in [-0.2, -0.15) is 0 Å². The molecule has 0 rings (SSSR count). The lowest BCUT2D eigenvalue weighted by molar-refractivity contribution is -0.166. The molecule has 1 unspecified atom stereocenters. The van der Waals surface area contributed by atoms with E-state index in [-0.39, 0.29) is 37.5 Å². The van der Waals surface area contributed by atoms with Gasteiger partial charge in [0.1, 0.15) is 13.2 Å². The predicted molar refractivity (Wildman–Crippen MR) is 320 cm³/mol. The Labute approximate surface area is 455 Å².